The molecule has 0 bridgehead atoms. The molecule has 1 aliphatic carbocycles. The number of carbonyl (C=O) groups excluding carboxylic acids is 2. The van der Waals surface area contributed by atoms with Gasteiger partial charge in [0.15, 0.2) is 0 Å². The van der Waals surface area contributed by atoms with Gasteiger partial charge in [0, 0.05) is 41.2 Å². The van der Waals surface area contributed by atoms with Crippen molar-refractivity contribution >= 4 is 27.6 Å². The van der Waals surface area contributed by atoms with Crippen molar-refractivity contribution in [3.05, 3.63) is 106 Å². The van der Waals surface area contributed by atoms with E-state index >= 15 is 0 Å². The van der Waals surface area contributed by atoms with Gasteiger partial charge < -0.3 is 4.90 Å². The molecule has 2 atom stereocenters. The maximum absolute atomic E-state index is 13.3. The number of nitrogens with zero attached hydrogens (tertiary/aromatic N) is 1. The van der Waals surface area contributed by atoms with E-state index in [0.29, 0.717) is 31.7 Å². The van der Waals surface area contributed by atoms with Gasteiger partial charge in [0.1, 0.15) is 5.78 Å². The Morgan fingerprint density at radius 1 is 0.875 bits per heavy atom. The number of amides is 1. The van der Waals surface area contributed by atoms with Crippen LogP contribution in [-0.2, 0) is 21.4 Å². The predicted molar refractivity (Wildman–Crippen MR) is 129 cm³/mol. The molecule has 1 aliphatic heterocycles. The Morgan fingerprint density at radius 3 is 2.09 bits per heavy atom. The Bertz CT molecular complexity index is 1090. The van der Waals surface area contributed by atoms with Gasteiger partial charge in [0.25, 0.3) is 0 Å². The normalized spacial score (nSPS) is 21.9. The molecular formula is C28H26BrNO2. The maximum Gasteiger partial charge on any atom is 0.227 e. The summed E-state index contributed by atoms with van der Waals surface area (Å²) < 4.78 is 0.948. The third kappa shape index (κ3) is 3.61. The van der Waals surface area contributed by atoms with E-state index in [2.05, 4.69) is 64.5 Å². The van der Waals surface area contributed by atoms with Crippen LogP contribution in [0.1, 0.15) is 29.5 Å². The summed E-state index contributed by atoms with van der Waals surface area (Å²) in [5.74, 6) is 0.354. The van der Waals surface area contributed by atoms with Crippen molar-refractivity contribution in [2.24, 2.45) is 11.8 Å². The molecule has 3 nitrogen and oxygen atoms in total. The van der Waals surface area contributed by atoms with Gasteiger partial charge >= 0.3 is 0 Å². The summed E-state index contributed by atoms with van der Waals surface area (Å²) in [6.07, 6.45) is 1.68. The maximum atomic E-state index is 13.3. The summed E-state index contributed by atoms with van der Waals surface area (Å²) in [7, 11) is 0. The molecule has 0 spiro atoms. The Hall–Kier alpha value is -2.72. The van der Waals surface area contributed by atoms with E-state index in [-0.39, 0.29) is 23.2 Å². The quantitative estimate of drug-likeness (QED) is 0.492. The number of benzene rings is 3. The lowest BCUT2D eigenvalue weighted by Gasteiger charge is -2.45. The first kappa shape index (κ1) is 21.1. The molecule has 0 N–H and O–H groups in total. The molecular weight excluding hydrogens is 462 g/mol. The summed E-state index contributed by atoms with van der Waals surface area (Å²) in [6.45, 7) is 1.14. The van der Waals surface area contributed by atoms with Crippen LogP contribution in [0.5, 0.6) is 0 Å². The van der Waals surface area contributed by atoms with Crippen molar-refractivity contribution in [3.63, 3.8) is 0 Å². The first-order valence-corrected chi connectivity index (χ1v) is 12.0. The lowest BCUT2D eigenvalue weighted by Crippen LogP contribution is -2.47. The number of fused-ring (bicyclic) bond motifs is 1. The van der Waals surface area contributed by atoms with Crippen LogP contribution in [0.2, 0.25) is 0 Å². The fourth-order valence-corrected chi connectivity index (χ4v) is 6.22. The Morgan fingerprint density at radius 2 is 1.47 bits per heavy atom. The standard InChI is InChI=1S/C28H26BrNO2/c29-25-14-8-7-9-20(25)17-27(32)30-18-23-24(19-30)28(16-15-26(23)31,21-10-3-1-4-11-21)22-12-5-2-6-13-22/h1-14,23-24H,15-19H2. The molecule has 2 fully saturated rings. The molecule has 2 unspecified atom stereocenters. The smallest absolute Gasteiger partial charge is 0.227 e. The van der Waals surface area contributed by atoms with Gasteiger partial charge in [-0.2, -0.15) is 0 Å². The number of Topliss-reactive ketones (excluding diaryl/α,β-unsaturated/α-hetero) is 1. The van der Waals surface area contributed by atoms with Crippen LogP contribution in [0.3, 0.4) is 0 Å². The first-order valence-electron chi connectivity index (χ1n) is 11.2. The van der Waals surface area contributed by atoms with Crippen LogP contribution in [-0.4, -0.2) is 29.7 Å². The Kier molecular flexibility index (Phi) is 5.73. The minimum absolute atomic E-state index is 0.0803. The third-order valence-corrected chi connectivity index (χ3v) is 8.14. The number of ketones is 1. The predicted octanol–water partition coefficient (Wildman–Crippen LogP) is 5.42. The second-order valence-electron chi connectivity index (χ2n) is 8.95. The number of halogens is 1. The molecule has 162 valence electrons. The van der Waals surface area contributed by atoms with Crippen molar-refractivity contribution in [3.8, 4) is 0 Å². The van der Waals surface area contributed by atoms with Crippen molar-refractivity contribution < 1.29 is 9.59 Å². The van der Waals surface area contributed by atoms with Gasteiger partial charge in [-0.25, -0.2) is 0 Å². The molecule has 2 aliphatic rings. The molecule has 5 rings (SSSR count). The van der Waals surface area contributed by atoms with Crippen LogP contribution < -0.4 is 0 Å². The largest absolute Gasteiger partial charge is 0.341 e. The second-order valence-corrected chi connectivity index (χ2v) is 9.80. The lowest BCUT2D eigenvalue weighted by atomic mass is 9.56. The zero-order chi connectivity index (χ0) is 22.1. The molecule has 3 aromatic rings. The topological polar surface area (TPSA) is 37.4 Å². The molecule has 1 saturated carbocycles. The first-order chi connectivity index (χ1) is 15.6. The van der Waals surface area contributed by atoms with Gasteiger partial charge in [0.05, 0.1) is 6.42 Å². The van der Waals surface area contributed by atoms with Gasteiger partial charge in [0.2, 0.25) is 5.91 Å². The summed E-state index contributed by atoms with van der Waals surface area (Å²) in [5, 5.41) is 0. The fourth-order valence-electron chi connectivity index (χ4n) is 5.80. The lowest BCUT2D eigenvalue weighted by molar-refractivity contribution is -0.129. The third-order valence-electron chi connectivity index (χ3n) is 7.36. The van der Waals surface area contributed by atoms with Crippen LogP contribution >= 0.6 is 15.9 Å². The highest BCUT2D eigenvalue weighted by atomic mass is 79.9. The Labute approximate surface area is 197 Å². The summed E-state index contributed by atoms with van der Waals surface area (Å²) in [5.41, 5.74) is 3.21. The zero-order valence-corrected chi connectivity index (χ0v) is 19.5. The summed E-state index contributed by atoms with van der Waals surface area (Å²) in [6, 6.07) is 29.0. The number of hydrogen-bond donors (Lipinski definition) is 0. The van der Waals surface area contributed by atoms with Crippen molar-refractivity contribution in [2.75, 3.05) is 13.1 Å². The molecule has 0 radical (unpaired) electrons. The van der Waals surface area contributed by atoms with Crippen LogP contribution in [0.4, 0.5) is 0 Å². The minimum Gasteiger partial charge on any atom is -0.341 e. The second kappa shape index (κ2) is 8.67. The average Bonchev–Trinajstić information content (AvgIpc) is 3.29. The van der Waals surface area contributed by atoms with E-state index in [1.807, 2.05) is 41.3 Å². The monoisotopic (exact) mass is 487 g/mol. The SMILES string of the molecule is O=C1CCC(c2ccccc2)(c2ccccc2)C2CN(C(=O)Cc3ccccc3Br)CC12. The van der Waals surface area contributed by atoms with Crippen molar-refractivity contribution in [2.45, 2.75) is 24.7 Å². The molecule has 1 heterocycles. The molecule has 3 aromatic carbocycles. The minimum atomic E-state index is -0.260. The van der Waals surface area contributed by atoms with Crippen molar-refractivity contribution in [1.29, 1.82) is 0 Å². The van der Waals surface area contributed by atoms with E-state index < -0.39 is 0 Å². The molecule has 0 aromatic heterocycles. The van der Waals surface area contributed by atoms with E-state index in [4.69, 9.17) is 0 Å². The van der Waals surface area contributed by atoms with Gasteiger partial charge in [-0.15, -0.1) is 0 Å². The van der Waals surface area contributed by atoms with Gasteiger partial charge in [-0.3, -0.25) is 9.59 Å². The van der Waals surface area contributed by atoms with Crippen LogP contribution in [0.15, 0.2) is 89.4 Å². The molecule has 1 saturated heterocycles. The summed E-state index contributed by atoms with van der Waals surface area (Å²) in [4.78, 5) is 28.3. The van der Waals surface area contributed by atoms with Crippen molar-refractivity contribution in [1.82, 2.24) is 4.90 Å². The van der Waals surface area contributed by atoms with E-state index in [1.165, 1.54) is 11.1 Å². The van der Waals surface area contributed by atoms with E-state index in [1.54, 1.807) is 0 Å². The highest BCUT2D eigenvalue weighted by Gasteiger charge is 2.55. The summed E-state index contributed by atoms with van der Waals surface area (Å²) >= 11 is 3.56. The van der Waals surface area contributed by atoms with Gasteiger partial charge in [-0.05, 0) is 29.2 Å². The molecule has 1 amide bonds. The fraction of sp³-hybridized carbons (Fsp3) is 0.286. The number of carbonyl (C=O) groups is 2. The molecule has 4 heteroatoms. The van der Waals surface area contributed by atoms with Gasteiger partial charge in [-0.1, -0.05) is 94.8 Å². The van der Waals surface area contributed by atoms with Crippen LogP contribution in [0, 0.1) is 11.8 Å². The average molecular weight is 488 g/mol. The highest BCUT2D eigenvalue weighted by molar-refractivity contribution is 9.10. The van der Waals surface area contributed by atoms with Crippen LogP contribution in [0.25, 0.3) is 0 Å². The number of rotatable bonds is 4. The van der Waals surface area contributed by atoms with E-state index in [9.17, 15) is 9.59 Å². The Balaban J connectivity index is 1.52. The number of hydrogen-bond acceptors (Lipinski definition) is 2. The highest BCUT2D eigenvalue weighted by Crippen LogP contribution is 2.52. The van der Waals surface area contributed by atoms with E-state index in [0.717, 1.165) is 16.5 Å². The molecule has 32 heavy (non-hydrogen) atoms. The number of likely N-dealkylation sites (tertiary alicyclic amines) is 1. The zero-order valence-electron chi connectivity index (χ0n) is 17.9.